The van der Waals surface area contributed by atoms with Crippen molar-refractivity contribution in [1.82, 2.24) is 9.55 Å². The van der Waals surface area contributed by atoms with Crippen molar-refractivity contribution in [3.63, 3.8) is 0 Å². The molecule has 68 heavy (non-hydrogen) atoms. The van der Waals surface area contributed by atoms with Crippen LogP contribution in [0.4, 0.5) is 22.7 Å². The zero-order chi connectivity index (χ0) is 48.0. The molecule has 1 aliphatic rings. The number of benzene rings is 6. The molecule has 9 rings (SSSR count). The monoisotopic (exact) mass is 1080 g/mol. The Kier molecular flexibility index (Phi) is 12.5. The van der Waals surface area contributed by atoms with E-state index >= 15 is 0 Å². The summed E-state index contributed by atoms with van der Waals surface area (Å²) in [6.45, 7) is 36.4. The summed E-state index contributed by atoms with van der Waals surface area (Å²) < 4.78 is 8.96. The van der Waals surface area contributed by atoms with Gasteiger partial charge in [-0.3, -0.25) is 0 Å². The summed E-state index contributed by atoms with van der Waals surface area (Å²) in [5.74, 6) is 2.06. The molecule has 0 bridgehead atoms. The van der Waals surface area contributed by atoms with Gasteiger partial charge in [-0.15, -0.1) is 48.1 Å². The van der Waals surface area contributed by atoms with Crippen molar-refractivity contribution in [3.8, 4) is 28.4 Å². The zero-order valence-electron chi connectivity index (χ0n) is 42.7. The van der Waals surface area contributed by atoms with Crippen LogP contribution in [0.5, 0.6) is 11.5 Å². The normalized spacial score (nSPS) is 13.6. The molecular weight excluding hydrogens is 1010 g/mol. The maximum Gasteiger partial charge on any atom is 0.135 e. The minimum atomic E-state index is -0.141. The van der Waals surface area contributed by atoms with E-state index in [0.29, 0.717) is 11.5 Å². The Morgan fingerprint density at radius 2 is 1.12 bits per heavy atom. The van der Waals surface area contributed by atoms with Gasteiger partial charge in [0.1, 0.15) is 5.82 Å². The maximum atomic E-state index is 6.73. The van der Waals surface area contributed by atoms with E-state index in [1.807, 2.05) is 24.4 Å². The molecule has 0 fully saturated rings. The van der Waals surface area contributed by atoms with Crippen LogP contribution in [0.2, 0.25) is 0 Å². The average Bonchev–Trinajstić information content (AvgIpc) is 3.80. The van der Waals surface area contributed by atoms with Gasteiger partial charge >= 0.3 is 0 Å². The topological polar surface area (TPSA) is 33.5 Å². The maximum absolute atomic E-state index is 6.73. The first kappa shape index (κ1) is 48.8. The van der Waals surface area contributed by atoms with E-state index in [1.165, 1.54) is 33.4 Å². The molecule has 0 saturated heterocycles. The first-order valence-electron chi connectivity index (χ1n) is 23.9. The second-order valence-electron chi connectivity index (χ2n) is 23.7. The van der Waals surface area contributed by atoms with Crippen LogP contribution < -0.4 is 14.5 Å². The van der Waals surface area contributed by atoms with Crippen LogP contribution in [0.3, 0.4) is 0 Å². The van der Waals surface area contributed by atoms with Gasteiger partial charge in [-0.25, -0.2) is 4.98 Å². The van der Waals surface area contributed by atoms with Crippen molar-refractivity contribution < 1.29 is 25.8 Å². The van der Waals surface area contributed by atoms with Gasteiger partial charge in [-0.05, 0) is 102 Å². The summed E-state index contributed by atoms with van der Waals surface area (Å²) in [4.78, 5) is 9.78. The molecule has 3 heterocycles. The number of hydrogen-bond acceptors (Lipinski definition) is 4. The van der Waals surface area contributed by atoms with Crippen LogP contribution in [0.25, 0.3) is 38.8 Å². The van der Waals surface area contributed by atoms with Crippen LogP contribution in [0.15, 0.2) is 128 Å². The molecule has 8 aromatic rings. The fourth-order valence-electron chi connectivity index (χ4n) is 9.13. The number of hydrogen-bond donors (Lipinski definition) is 0. The summed E-state index contributed by atoms with van der Waals surface area (Å²) in [5.41, 5.74) is 14.9. The summed E-state index contributed by atoms with van der Waals surface area (Å²) in [6.07, 6.45) is 2.05. The van der Waals surface area contributed by atoms with Gasteiger partial charge in [0, 0.05) is 66.9 Å². The quantitative estimate of drug-likeness (QED) is 0.155. The number of rotatable bonds is 6. The van der Waals surface area contributed by atoms with Crippen molar-refractivity contribution in [3.05, 3.63) is 174 Å². The van der Waals surface area contributed by atoms with E-state index in [-0.39, 0.29) is 48.1 Å². The number of fused-ring (bicyclic) bond motifs is 4. The predicted molar refractivity (Wildman–Crippen MR) is 283 cm³/mol. The SMILES string of the molecule is CC(C)(C)c1ccc(-c2cnc(-n3c4[c-]c(Oc5[c-]c(N6[CH-]N(c7cc(C(C)(C)C)cc(C(C)(C)C)c7)c7cc(C(C)(C)C)ccc76)ccc5)ccc4c4ccccc43)cc2C(C)(C)C)cc1.[Pt]. The average molecular weight is 1080 g/mol. The number of pyridine rings is 1. The van der Waals surface area contributed by atoms with Crippen LogP contribution in [0, 0.1) is 18.8 Å². The molecule has 5 nitrogen and oxygen atoms in total. The van der Waals surface area contributed by atoms with E-state index in [9.17, 15) is 0 Å². The van der Waals surface area contributed by atoms with Crippen molar-refractivity contribution in [1.29, 1.82) is 0 Å². The van der Waals surface area contributed by atoms with E-state index < -0.39 is 0 Å². The third kappa shape index (κ3) is 9.41. The number of para-hydroxylation sites is 1. The summed E-state index contributed by atoms with van der Waals surface area (Å²) in [5, 5.41) is 2.23. The second-order valence-corrected chi connectivity index (χ2v) is 23.7. The van der Waals surface area contributed by atoms with Crippen molar-refractivity contribution >= 4 is 44.6 Å². The Labute approximate surface area is 420 Å². The minimum Gasteiger partial charge on any atom is -0.509 e. The molecule has 6 aromatic carbocycles. The molecular formula is C62H67N4OPt-3. The van der Waals surface area contributed by atoms with E-state index in [1.54, 1.807) is 0 Å². The molecule has 2 aromatic heterocycles. The third-order valence-electron chi connectivity index (χ3n) is 13.3. The molecule has 0 aliphatic carbocycles. The summed E-state index contributed by atoms with van der Waals surface area (Å²) in [6, 6.07) is 51.4. The third-order valence-corrected chi connectivity index (χ3v) is 13.3. The minimum absolute atomic E-state index is 0. The van der Waals surface area contributed by atoms with Crippen molar-refractivity contribution in [2.45, 2.75) is 131 Å². The van der Waals surface area contributed by atoms with Crippen LogP contribution in [-0.4, -0.2) is 9.55 Å². The fraction of sp³-hybridized carbons (Fsp3) is 0.323. The summed E-state index contributed by atoms with van der Waals surface area (Å²) in [7, 11) is 0. The summed E-state index contributed by atoms with van der Waals surface area (Å²) >= 11 is 0. The largest absolute Gasteiger partial charge is 0.509 e. The van der Waals surface area contributed by atoms with Gasteiger partial charge in [0.25, 0.3) is 0 Å². The van der Waals surface area contributed by atoms with Gasteiger partial charge in [-0.1, -0.05) is 164 Å². The Morgan fingerprint density at radius 1 is 0.500 bits per heavy atom. The molecule has 0 radical (unpaired) electrons. The zero-order valence-corrected chi connectivity index (χ0v) is 45.0. The number of anilines is 4. The van der Waals surface area contributed by atoms with Gasteiger partial charge in [0.05, 0.1) is 0 Å². The smallest absolute Gasteiger partial charge is 0.135 e. The molecule has 354 valence electrons. The first-order valence-corrected chi connectivity index (χ1v) is 23.9. The van der Waals surface area contributed by atoms with Crippen molar-refractivity contribution in [2.24, 2.45) is 0 Å². The molecule has 0 spiro atoms. The van der Waals surface area contributed by atoms with Gasteiger partial charge in [-0.2, -0.15) is 12.1 Å². The number of aromatic nitrogens is 2. The van der Waals surface area contributed by atoms with Crippen molar-refractivity contribution in [2.75, 3.05) is 9.80 Å². The van der Waals surface area contributed by atoms with E-state index in [0.717, 1.165) is 55.9 Å². The molecule has 0 saturated carbocycles. The standard InChI is InChI=1S/C62H67N4O.Pt/c1-58(2,3)41-25-23-40(24-26-41)51-38-63-57(37-52(51)62(13,14)15)66-53-22-17-16-21-49(53)50-29-28-48(36-55(50)66)67-47-20-18-19-45(35-47)64-39-65(56-34-42(59(4,5)6)27-30-54(56)64)46-32-43(60(7,8)9)31-44(33-46)61(10,11)12;/h16-34,37-39H,1-15H3;/q-3;. The Morgan fingerprint density at radius 3 is 1.75 bits per heavy atom. The second kappa shape index (κ2) is 17.4. The molecule has 0 atom stereocenters. The fourth-order valence-corrected chi connectivity index (χ4v) is 9.13. The van der Waals surface area contributed by atoms with Crippen LogP contribution in [-0.2, 0) is 48.1 Å². The van der Waals surface area contributed by atoms with Gasteiger partial charge in [0.2, 0.25) is 0 Å². The predicted octanol–water partition coefficient (Wildman–Crippen LogP) is 17.1. The van der Waals surface area contributed by atoms with Gasteiger partial charge < -0.3 is 19.1 Å². The molecule has 0 unspecified atom stereocenters. The first-order chi connectivity index (χ1) is 31.3. The van der Waals surface area contributed by atoms with Crippen LogP contribution >= 0.6 is 0 Å². The Balaban J connectivity index is 0.00000625. The molecule has 0 amide bonds. The number of nitrogens with zero attached hydrogens (tertiary/aromatic N) is 4. The molecule has 6 heteroatoms. The number of ether oxygens (including phenoxy) is 1. The van der Waals surface area contributed by atoms with Gasteiger partial charge in [0.15, 0.2) is 0 Å². The Bertz CT molecular complexity index is 3130. The van der Waals surface area contributed by atoms with Crippen LogP contribution in [0.1, 0.15) is 132 Å². The molecule has 0 N–H and O–H groups in total. The molecule has 1 aliphatic heterocycles. The van der Waals surface area contributed by atoms with E-state index in [2.05, 4.69) is 240 Å². The van der Waals surface area contributed by atoms with E-state index in [4.69, 9.17) is 9.72 Å². The Hall–Kier alpha value is -5.64.